The number of rotatable bonds is 27. The van der Waals surface area contributed by atoms with E-state index in [-0.39, 0.29) is 43.5 Å². The molecule has 21 nitrogen and oxygen atoms in total. The van der Waals surface area contributed by atoms with Gasteiger partial charge in [0.25, 0.3) is 11.8 Å². The van der Waals surface area contributed by atoms with Crippen LogP contribution in [0.1, 0.15) is 78.1 Å². The highest BCUT2D eigenvalue weighted by Crippen LogP contribution is 2.33. The molecule has 0 bridgehead atoms. The maximum Gasteiger partial charge on any atom is 0.276 e. The number of allylic oxidation sites excluding steroid dienone is 3. The number of carbonyl (C=O) groups excluding carboxylic acids is 6. The predicted molar refractivity (Wildman–Crippen MR) is 268 cm³/mol. The van der Waals surface area contributed by atoms with Crippen LogP contribution in [0, 0.1) is 13.8 Å². The number of imidazole rings is 2. The largest absolute Gasteiger partial charge is 0.494 e. The van der Waals surface area contributed by atoms with Crippen molar-refractivity contribution in [2.45, 2.75) is 85.5 Å². The molecular weight excluding hydrogens is 899 g/mol. The number of hydrogen-bond donors (Lipinski definition) is 4. The number of carbonyl (C=O) groups is 6. The molecule has 3 aromatic heterocycles. The molecule has 21 heteroatoms. The number of anilines is 2. The number of fused-ring (bicyclic) bond motifs is 2. The fourth-order valence-electron chi connectivity index (χ4n) is 7.97. The first kappa shape index (κ1) is 53.4. The Labute approximate surface area is 408 Å². The summed E-state index contributed by atoms with van der Waals surface area (Å²) in [7, 11) is 8.91. The van der Waals surface area contributed by atoms with Gasteiger partial charge in [0, 0.05) is 58.8 Å². The highest BCUT2D eigenvalue weighted by molar-refractivity contribution is 6.04. The van der Waals surface area contributed by atoms with E-state index >= 15 is 0 Å². The zero-order valence-electron chi connectivity index (χ0n) is 41.7. The van der Waals surface area contributed by atoms with E-state index in [1.54, 1.807) is 53.4 Å². The molecule has 70 heavy (non-hydrogen) atoms. The first-order chi connectivity index (χ1) is 33.5. The van der Waals surface area contributed by atoms with Crippen molar-refractivity contribution in [1.29, 1.82) is 0 Å². The number of aryl methyl sites for hydroxylation is 3. The summed E-state index contributed by atoms with van der Waals surface area (Å²) in [6, 6.07) is 7.94. The lowest BCUT2D eigenvalue weighted by Crippen LogP contribution is -2.48. The van der Waals surface area contributed by atoms with Crippen LogP contribution in [-0.4, -0.2) is 147 Å². The summed E-state index contributed by atoms with van der Waals surface area (Å²) in [4.78, 5) is 90.5. The number of unbranched alkanes of at least 4 members (excludes halogenated alkanes) is 1. The molecule has 0 radical (unpaired) electrons. The molecule has 5 aromatic rings. The maximum absolute atomic E-state index is 13.8. The van der Waals surface area contributed by atoms with Crippen LogP contribution < -0.4 is 31.2 Å². The molecule has 0 spiro atoms. The van der Waals surface area contributed by atoms with Crippen molar-refractivity contribution in [2.75, 3.05) is 72.2 Å². The Hall–Kier alpha value is -7.55. The highest BCUT2D eigenvalue weighted by atomic mass is 16.5. The van der Waals surface area contributed by atoms with Crippen molar-refractivity contribution >= 4 is 69.9 Å². The molecule has 5 rings (SSSR count). The van der Waals surface area contributed by atoms with Gasteiger partial charge in [-0.1, -0.05) is 18.2 Å². The van der Waals surface area contributed by atoms with Crippen LogP contribution in [0.5, 0.6) is 11.5 Å². The van der Waals surface area contributed by atoms with Gasteiger partial charge in [-0.2, -0.15) is 5.10 Å². The minimum Gasteiger partial charge on any atom is -0.494 e. The molecule has 5 N–H and O–H groups in total. The standard InChI is InChI=1S/C49H67N13O8/c1-10-17-42(65)59(31-63)24-19-41(64)52-35(18-12-13-20-57(6)7)47(68)58(8)21-16-25-70-40-27-32(3)26-36-44(40)60(48(51-5)53-36)22-14-15-23-61-43-37(29-34(45(50)66)30-39(43)69-9)54-49(61)55-46(67)38-28-33(4)56-62(38)11-2/h10,14-15,17,26-31,35H,11-13,16,18-25H2,1-9H3,(H2,50,66)(H,51,53)(H,52,64)(H,54,55,67)/b15-14+,17-10-. The number of hydrogen-bond acceptors (Lipinski definition) is 13. The summed E-state index contributed by atoms with van der Waals surface area (Å²) >= 11 is 0. The Kier molecular flexibility index (Phi) is 19.2. The molecule has 6 amide bonds. The minimum absolute atomic E-state index is 0.111. The fraction of sp³-hybridized carbons (Fsp3) is 0.449. The van der Waals surface area contributed by atoms with Gasteiger partial charge in [0.1, 0.15) is 34.3 Å². The van der Waals surface area contributed by atoms with Gasteiger partial charge in [-0.05, 0) is 116 Å². The molecule has 0 aliphatic carbocycles. The Morgan fingerprint density at radius 1 is 0.871 bits per heavy atom. The fourth-order valence-corrected chi connectivity index (χ4v) is 7.97. The maximum atomic E-state index is 13.8. The summed E-state index contributed by atoms with van der Waals surface area (Å²) in [5.41, 5.74) is 10.3. The Morgan fingerprint density at radius 2 is 1.56 bits per heavy atom. The second-order valence-corrected chi connectivity index (χ2v) is 17.1. The average Bonchev–Trinajstić information content (AvgIpc) is 4.01. The second-order valence-electron chi connectivity index (χ2n) is 17.1. The van der Waals surface area contributed by atoms with Crippen LogP contribution in [0.15, 0.2) is 54.6 Å². The van der Waals surface area contributed by atoms with Gasteiger partial charge in [-0.15, -0.1) is 0 Å². The minimum atomic E-state index is -0.786. The van der Waals surface area contributed by atoms with E-state index in [1.165, 1.54) is 19.3 Å². The van der Waals surface area contributed by atoms with Crippen LogP contribution >= 0.6 is 0 Å². The normalized spacial score (nSPS) is 12.0. The number of imide groups is 1. The van der Waals surface area contributed by atoms with Crippen LogP contribution in [0.3, 0.4) is 0 Å². The first-order valence-electron chi connectivity index (χ1n) is 23.3. The molecule has 1 unspecified atom stereocenters. The molecule has 0 aliphatic heterocycles. The van der Waals surface area contributed by atoms with Crippen LogP contribution in [0.25, 0.3) is 22.1 Å². The lowest BCUT2D eigenvalue weighted by molar-refractivity contribution is -0.137. The third kappa shape index (κ3) is 13.6. The molecule has 3 heterocycles. The number of amides is 6. The Morgan fingerprint density at radius 3 is 2.20 bits per heavy atom. The van der Waals surface area contributed by atoms with E-state index < -0.39 is 29.7 Å². The quantitative estimate of drug-likeness (QED) is 0.0249. The van der Waals surface area contributed by atoms with E-state index in [1.807, 2.05) is 63.7 Å². The number of nitrogens with one attached hydrogen (secondary N) is 3. The number of methoxy groups -OCH3 is 1. The number of likely N-dealkylation sites (N-methyl/N-ethyl adjacent to an activating group) is 1. The van der Waals surface area contributed by atoms with Gasteiger partial charge in [0.2, 0.25) is 36.0 Å². The smallest absolute Gasteiger partial charge is 0.276 e. The van der Waals surface area contributed by atoms with E-state index in [4.69, 9.17) is 25.2 Å². The topological polar surface area (TPSA) is 246 Å². The van der Waals surface area contributed by atoms with Crippen molar-refractivity contribution in [3.8, 4) is 11.5 Å². The monoisotopic (exact) mass is 966 g/mol. The molecule has 2 aromatic carbocycles. The molecule has 0 saturated carbocycles. The zero-order valence-corrected chi connectivity index (χ0v) is 41.7. The molecule has 376 valence electrons. The van der Waals surface area contributed by atoms with Crippen molar-refractivity contribution in [3.63, 3.8) is 0 Å². The molecule has 0 saturated heterocycles. The van der Waals surface area contributed by atoms with Gasteiger partial charge in [0.15, 0.2) is 0 Å². The van der Waals surface area contributed by atoms with E-state index in [9.17, 15) is 28.8 Å². The number of ether oxygens (including phenoxy) is 2. The van der Waals surface area contributed by atoms with Crippen molar-refractivity contribution in [2.24, 2.45) is 5.73 Å². The van der Waals surface area contributed by atoms with Crippen molar-refractivity contribution in [3.05, 3.63) is 77.2 Å². The predicted octanol–water partition coefficient (Wildman–Crippen LogP) is 4.27. The molecular formula is C49H67N13O8. The van der Waals surface area contributed by atoms with E-state index in [0.717, 1.165) is 34.5 Å². The molecule has 0 fully saturated rings. The summed E-state index contributed by atoms with van der Waals surface area (Å²) in [6.07, 6.45) is 9.35. The second kappa shape index (κ2) is 25.2. The molecule has 0 aliphatic rings. The average molecular weight is 966 g/mol. The van der Waals surface area contributed by atoms with E-state index in [0.29, 0.717) is 85.2 Å². The van der Waals surface area contributed by atoms with Crippen molar-refractivity contribution in [1.82, 2.24) is 48.9 Å². The molecule has 1 atom stereocenters. The first-order valence-corrected chi connectivity index (χ1v) is 23.3. The van der Waals surface area contributed by atoms with E-state index in [2.05, 4.69) is 25.9 Å². The SMILES string of the molecule is C/C=C\C(=O)N(C=O)CCC(=O)NC(CCCCN(C)C)C(=O)N(C)CCCOc1cc(C)cc2nc(NC)n(C/C=C/Cn3c(NC(=O)c4cc(C)nn4CC)nc4cc(C(N)=O)cc(OC)c43)c12. The zero-order chi connectivity index (χ0) is 51.1. The van der Waals surface area contributed by atoms with Crippen LogP contribution in [-0.2, 0) is 38.8 Å². The van der Waals surface area contributed by atoms with Gasteiger partial charge in [-0.25, -0.2) is 9.97 Å². The summed E-state index contributed by atoms with van der Waals surface area (Å²) in [5, 5.41) is 13.4. The number of primary amides is 1. The lowest BCUT2D eigenvalue weighted by Gasteiger charge is -2.25. The lowest BCUT2D eigenvalue weighted by atomic mass is 10.1. The number of nitrogens with zero attached hydrogens (tertiary/aromatic N) is 9. The Balaban J connectivity index is 1.31. The third-order valence-corrected chi connectivity index (χ3v) is 11.4. The van der Waals surface area contributed by atoms with Crippen LogP contribution in [0.2, 0.25) is 0 Å². The Bertz CT molecular complexity index is 2730. The summed E-state index contributed by atoms with van der Waals surface area (Å²) in [6.45, 7) is 9.78. The number of benzene rings is 2. The summed E-state index contributed by atoms with van der Waals surface area (Å²) in [5.74, 6) is -0.468. The third-order valence-electron chi connectivity index (χ3n) is 11.4. The van der Waals surface area contributed by atoms with Crippen molar-refractivity contribution < 1.29 is 38.2 Å². The number of nitrogens with two attached hydrogens (primary N) is 1. The highest BCUT2D eigenvalue weighted by Gasteiger charge is 2.25. The van der Waals surface area contributed by atoms with Crippen LogP contribution in [0.4, 0.5) is 11.9 Å². The summed E-state index contributed by atoms with van der Waals surface area (Å²) < 4.78 is 17.5. The van der Waals surface area contributed by atoms with Gasteiger partial charge < -0.3 is 44.8 Å². The van der Waals surface area contributed by atoms with Gasteiger partial charge in [-0.3, -0.25) is 43.7 Å². The number of aromatic nitrogens is 6. The van der Waals surface area contributed by atoms with Gasteiger partial charge in [0.05, 0.1) is 30.4 Å². The van der Waals surface area contributed by atoms with Gasteiger partial charge >= 0.3 is 0 Å².